The molecule has 2 aromatic heterocycles. The first-order chi connectivity index (χ1) is 33.1. The molecule has 5 N–H and O–H groups in total. The van der Waals surface area contributed by atoms with Crippen LogP contribution >= 0.6 is 12.4 Å². The third-order valence-corrected chi connectivity index (χ3v) is 12.5. The molecule has 5 amide bonds. The van der Waals surface area contributed by atoms with Gasteiger partial charge in [0, 0.05) is 98.4 Å². The number of carbonyl (C=O) groups is 5. The molecule has 0 aliphatic carbocycles. The third kappa shape index (κ3) is 13.1. The highest BCUT2D eigenvalue weighted by atomic mass is 35.5. The lowest BCUT2D eigenvalue weighted by atomic mass is 9.86. The minimum Gasteiger partial charge on any atom is -0.494 e. The number of H-pyrrole nitrogens is 1. The number of likely N-dealkylation sites (tertiary alicyclic amines) is 1. The number of aromatic nitrogens is 4. The fourth-order valence-corrected chi connectivity index (χ4v) is 8.63. The first-order valence-corrected chi connectivity index (χ1v) is 23.3. The summed E-state index contributed by atoms with van der Waals surface area (Å²) in [4.78, 5) is 74.3. The van der Waals surface area contributed by atoms with Crippen molar-refractivity contribution in [2.24, 2.45) is 0 Å². The molecule has 364 valence electrons. The van der Waals surface area contributed by atoms with Crippen molar-refractivity contribution < 1.29 is 38.2 Å². The van der Waals surface area contributed by atoms with E-state index >= 15 is 0 Å². The van der Waals surface area contributed by atoms with E-state index in [1.807, 2.05) is 60.7 Å². The highest BCUT2D eigenvalue weighted by Crippen LogP contribution is 2.36. The summed E-state index contributed by atoms with van der Waals surface area (Å²) < 4.78 is 17.3. The van der Waals surface area contributed by atoms with Crippen LogP contribution in [0.2, 0.25) is 0 Å². The minimum atomic E-state index is -0.728. The lowest BCUT2D eigenvalue weighted by molar-refractivity contribution is -0.137. The van der Waals surface area contributed by atoms with Crippen molar-refractivity contribution in [2.45, 2.75) is 76.0 Å². The Kier molecular flexibility index (Phi) is 17.5. The van der Waals surface area contributed by atoms with Gasteiger partial charge in [-0.15, -0.1) is 22.6 Å². The molecule has 8 rings (SSSR count). The molecule has 1 atom stereocenters. The molecule has 3 aromatic carbocycles. The minimum absolute atomic E-state index is 0. The van der Waals surface area contributed by atoms with Gasteiger partial charge in [-0.1, -0.05) is 24.3 Å². The summed E-state index contributed by atoms with van der Waals surface area (Å²) >= 11 is 0. The molecule has 69 heavy (non-hydrogen) atoms. The third-order valence-electron chi connectivity index (χ3n) is 12.5. The second kappa shape index (κ2) is 24.0. The van der Waals surface area contributed by atoms with E-state index in [2.05, 4.69) is 53.4 Å². The number of hydrogen-bond acceptors (Lipinski definition) is 13. The summed E-state index contributed by atoms with van der Waals surface area (Å²) in [6.45, 7) is 4.23. The first-order valence-electron chi connectivity index (χ1n) is 23.3. The SMILES string of the molecule is CN1CCC(Nc2cccc(C(=O)NCc3ccc(OCCCCCOCCCOCC(=O)Nc4cccc5c4CN(C4CCC(=O)NC4=O)C5=O)cc3)c2)(c2nnc(-c3ccncc3)[nH]2)CC1.Cl. The van der Waals surface area contributed by atoms with Crippen molar-refractivity contribution in [3.05, 3.63) is 119 Å². The highest BCUT2D eigenvalue weighted by molar-refractivity contribution is 6.07. The van der Waals surface area contributed by atoms with Gasteiger partial charge in [0.25, 0.3) is 11.8 Å². The van der Waals surface area contributed by atoms with E-state index in [1.165, 1.54) is 4.90 Å². The molecule has 18 nitrogen and oxygen atoms in total. The largest absolute Gasteiger partial charge is 0.494 e. The second-order valence-electron chi connectivity index (χ2n) is 17.4. The molecule has 0 bridgehead atoms. The molecule has 0 radical (unpaired) electrons. The number of benzene rings is 3. The van der Waals surface area contributed by atoms with Gasteiger partial charge < -0.3 is 44.9 Å². The van der Waals surface area contributed by atoms with Crippen LogP contribution < -0.4 is 26.0 Å². The molecule has 3 aliphatic rings. The average molecular weight is 964 g/mol. The fraction of sp³-hybridized carbons (Fsp3) is 0.400. The summed E-state index contributed by atoms with van der Waals surface area (Å²) in [6, 6.07) is 23.5. The van der Waals surface area contributed by atoms with Crippen LogP contribution in [0.1, 0.15) is 89.0 Å². The Hall–Kier alpha value is -6.73. The van der Waals surface area contributed by atoms with E-state index in [0.29, 0.717) is 67.6 Å². The van der Waals surface area contributed by atoms with Crippen LogP contribution in [0, 0.1) is 0 Å². The Bertz CT molecular complexity index is 2550. The number of carbonyl (C=O) groups excluding carboxylic acids is 5. The number of unbranched alkanes of at least 4 members (excludes halogenated alkanes) is 2. The summed E-state index contributed by atoms with van der Waals surface area (Å²) in [5.41, 5.74) is 4.35. The molecular weight excluding hydrogens is 904 g/mol. The maximum atomic E-state index is 13.3. The molecule has 2 fully saturated rings. The number of amides is 5. The van der Waals surface area contributed by atoms with Crippen LogP contribution in [0.4, 0.5) is 11.4 Å². The van der Waals surface area contributed by atoms with Crippen molar-refractivity contribution in [3.63, 3.8) is 0 Å². The van der Waals surface area contributed by atoms with E-state index in [1.54, 1.807) is 30.6 Å². The first kappa shape index (κ1) is 50.2. The molecule has 5 aromatic rings. The van der Waals surface area contributed by atoms with Crippen molar-refractivity contribution in [2.75, 3.05) is 63.8 Å². The number of piperidine rings is 2. The van der Waals surface area contributed by atoms with Gasteiger partial charge in [0.1, 0.15) is 18.4 Å². The Balaban J connectivity index is 0.00000703. The van der Waals surface area contributed by atoms with Gasteiger partial charge in [-0.2, -0.15) is 0 Å². The molecule has 19 heteroatoms. The van der Waals surface area contributed by atoms with E-state index in [0.717, 1.165) is 73.6 Å². The topological polar surface area (TPSA) is 222 Å². The molecule has 0 spiro atoms. The van der Waals surface area contributed by atoms with Crippen LogP contribution in [-0.4, -0.2) is 119 Å². The molecule has 5 heterocycles. The predicted molar refractivity (Wildman–Crippen MR) is 260 cm³/mol. The van der Waals surface area contributed by atoms with Crippen molar-refractivity contribution in [1.82, 2.24) is 40.6 Å². The number of fused-ring (bicyclic) bond motifs is 1. The quantitative estimate of drug-likeness (QED) is 0.0420. The number of halogens is 1. The van der Waals surface area contributed by atoms with Gasteiger partial charge in [-0.05, 0) is 112 Å². The summed E-state index contributed by atoms with van der Waals surface area (Å²) in [7, 11) is 2.12. The lowest BCUT2D eigenvalue weighted by Gasteiger charge is -2.40. The molecule has 1 unspecified atom stereocenters. The number of nitrogens with zero attached hydrogens (tertiary/aromatic N) is 5. The lowest BCUT2D eigenvalue weighted by Crippen LogP contribution is -2.52. The number of imide groups is 1. The van der Waals surface area contributed by atoms with Gasteiger partial charge >= 0.3 is 0 Å². The number of aromatic amines is 1. The maximum absolute atomic E-state index is 13.3. The maximum Gasteiger partial charge on any atom is 0.255 e. The van der Waals surface area contributed by atoms with Gasteiger partial charge in [0.2, 0.25) is 17.7 Å². The van der Waals surface area contributed by atoms with Crippen LogP contribution in [-0.2, 0) is 42.5 Å². The van der Waals surface area contributed by atoms with Crippen LogP contribution in [0.15, 0.2) is 91.3 Å². The van der Waals surface area contributed by atoms with Crippen molar-refractivity contribution in [1.29, 1.82) is 0 Å². The standard InChI is InChI=1S/C50H58N10O8.ClH/c1-59-24-20-50(21-25-59,49-55-45(57-58-49)35-18-22-51-23-19-35)56-37-9-5-8-36(30-37)46(63)52-31-34-12-14-38(15-13-34)68-29-4-2-3-26-66-27-7-28-67-33-44(62)53-41-11-6-10-39-40(41)32-60(48(39)65)42-16-17-43(61)54-47(42)64;/h5-6,8-15,18-19,22-23,30,42,56H,2-4,7,16-17,20-21,24-29,31-33H2,1H3,(H,52,63)(H,53,62)(H,54,61,64)(H,55,57,58);1H. The Morgan fingerprint density at radius 1 is 0.855 bits per heavy atom. The Morgan fingerprint density at radius 3 is 2.41 bits per heavy atom. The summed E-state index contributed by atoms with van der Waals surface area (Å²) in [6.07, 6.45) is 8.89. The van der Waals surface area contributed by atoms with Gasteiger partial charge in [0.05, 0.1) is 12.1 Å². The number of rotatable bonds is 22. The molecule has 2 saturated heterocycles. The zero-order chi connectivity index (χ0) is 47.3. The average Bonchev–Trinajstić information content (AvgIpc) is 3.99. The Labute approximate surface area is 407 Å². The molecule has 0 saturated carbocycles. The Morgan fingerprint density at radius 2 is 1.61 bits per heavy atom. The smallest absolute Gasteiger partial charge is 0.255 e. The highest BCUT2D eigenvalue weighted by Gasteiger charge is 2.41. The van der Waals surface area contributed by atoms with Gasteiger partial charge in [-0.3, -0.25) is 34.3 Å². The van der Waals surface area contributed by atoms with Crippen LogP contribution in [0.5, 0.6) is 5.75 Å². The van der Waals surface area contributed by atoms with Crippen LogP contribution in [0.3, 0.4) is 0 Å². The zero-order valence-corrected chi connectivity index (χ0v) is 39.5. The van der Waals surface area contributed by atoms with Crippen LogP contribution in [0.25, 0.3) is 11.4 Å². The number of hydrogen-bond donors (Lipinski definition) is 5. The van der Waals surface area contributed by atoms with E-state index < -0.39 is 17.5 Å². The van der Waals surface area contributed by atoms with E-state index in [4.69, 9.17) is 14.2 Å². The normalized spacial score (nSPS) is 16.6. The number of anilines is 2. The fourth-order valence-electron chi connectivity index (χ4n) is 8.63. The zero-order valence-electron chi connectivity index (χ0n) is 38.7. The van der Waals surface area contributed by atoms with E-state index in [9.17, 15) is 24.0 Å². The number of nitrogens with one attached hydrogen (secondary N) is 5. The number of pyridine rings is 1. The monoisotopic (exact) mass is 962 g/mol. The van der Waals surface area contributed by atoms with Crippen molar-refractivity contribution in [3.8, 4) is 17.1 Å². The predicted octanol–water partition coefficient (Wildman–Crippen LogP) is 5.62. The van der Waals surface area contributed by atoms with Gasteiger partial charge in [-0.25, -0.2) is 0 Å². The molecular formula is C50H59ClN10O8. The second-order valence-corrected chi connectivity index (χ2v) is 17.4. The van der Waals surface area contributed by atoms with Crippen molar-refractivity contribution >= 4 is 53.3 Å². The van der Waals surface area contributed by atoms with Gasteiger partial charge in [0.15, 0.2) is 11.6 Å². The summed E-state index contributed by atoms with van der Waals surface area (Å²) in [5.74, 6) is 0.583. The number of ether oxygens (including phenoxy) is 3. The molecule has 3 aliphatic heterocycles. The van der Waals surface area contributed by atoms with E-state index in [-0.39, 0.29) is 62.0 Å². The summed E-state index contributed by atoms with van der Waals surface area (Å²) in [5, 5.41) is 20.9.